The fourth-order valence-corrected chi connectivity index (χ4v) is 1.28. The fourth-order valence-electron chi connectivity index (χ4n) is 1.28. The molecule has 0 aromatic heterocycles. The molecule has 0 unspecified atom stereocenters. The molecular formula is C11H21NO3. The van der Waals surface area contributed by atoms with Crippen molar-refractivity contribution in [3.05, 3.63) is 11.6 Å². The maximum absolute atomic E-state index is 11.8. The quantitative estimate of drug-likeness (QED) is 0.639. The topological polar surface area (TPSA) is 49.8 Å². The molecule has 0 saturated heterocycles. The van der Waals surface area contributed by atoms with Gasteiger partial charge >= 0.3 is 0 Å². The summed E-state index contributed by atoms with van der Waals surface area (Å²) >= 11 is 0. The predicted molar refractivity (Wildman–Crippen MR) is 59.6 cm³/mol. The SMILES string of the molecule is CC/C=C(/C)C(=O)N(CCO)CCOC. The van der Waals surface area contributed by atoms with E-state index in [4.69, 9.17) is 9.84 Å². The van der Waals surface area contributed by atoms with Gasteiger partial charge in [0.1, 0.15) is 0 Å². The molecule has 0 aliphatic heterocycles. The van der Waals surface area contributed by atoms with Crippen LogP contribution in [0.4, 0.5) is 0 Å². The number of carbonyl (C=O) groups excluding carboxylic acids is 1. The van der Waals surface area contributed by atoms with E-state index in [0.29, 0.717) is 19.7 Å². The number of ether oxygens (including phenoxy) is 1. The van der Waals surface area contributed by atoms with Gasteiger partial charge in [0.25, 0.3) is 0 Å². The number of hydrogen-bond donors (Lipinski definition) is 1. The van der Waals surface area contributed by atoms with Crippen molar-refractivity contribution in [3.63, 3.8) is 0 Å². The molecule has 0 rings (SSSR count). The van der Waals surface area contributed by atoms with Crippen LogP contribution in [0, 0.1) is 0 Å². The van der Waals surface area contributed by atoms with Crippen molar-refractivity contribution in [1.82, 2.24) is 4.90 Å². The summed E-state index contributed by atoms with van der Waals surface area (Å²) in [5, 5.41) is 8.84. The molecule has 0 atom stereocenters. The normalized spacial score (nSPS) is 11.6. The molecule has 15 heavy (non-hydrogen) atoms. The van der Waals surface area contributed by atoms with Gasteiger partial charge in [-0.05, 0) is 13.3 Å². The molecule has 0 bridgehead atoms. The monoisotopic (exact) mass is 215 g/mol. The standard InChI is InChI=1S/C11H21NO3/c1-4-5-10(2)11(14)12(6-8-13)7-9-15-3/h5,13H,4,6-9H2,1-3H3/b10-5-. The molecule has 0 aromatic carbocycles. The average molecular weight is 215 g/mol. The minimum absolute atomic E-state index is 0.0190. The first-order valence-electron chi connectivity index (χ1n) is 5.23. The van der Waals surface area contributed by atoms with E-state index in [0.717, 1.165) is 12.0 Å². The van der Waals surface area contributed by atoms with Gasteiger partial charge in [-0.2, -0.15) is 0 Å². The van der Waals surface area contributed by atoms with Crippen LogP contribution in [0.1, 0.15) is 20.3 Å². The Kier molecular flexibility index (Phi) is 7.95. The van der Waals surface area contributed by atoms with Gasteiger partial charge in [0.05, 0.1) is 13.2 Å². The van der Waals surface area contributed by atoms with E-state index in [1.54, 1.807) is 18.9 Å². The van der Waals surface area contributed by atoms with Gasteiger partial charge in [-0.15, -0.1) is 0 Å². The van der Waals surface area contributed by atoms with Gasteiger partial charge < -0.3 is 14.7 Å². The Morgan fingerprint density at radius 2 is 2.13 bits per heavy atom. The summed E-state index contributed by atoms with van der Waals surface area (Å²) in [6, 6.07) is 0. The van der Waals surface area contributed by atoms with Crippen LogP contribution in [0.3, 0.4) is 0 Å². The zero-order valence-corrected chi connectivity index (χ0v) is 9.82. The summed E-state index contributed by atoms with van der Waals surface area (Å²) in [7, 11) is 1.59. The molecule has 4 nitrogen and oxygen atoms in total. The highest BCUT2D eigenvalue weighted by Gasteiger charge is 2.13. The van der Waals surface area contributed by atoms with Crippen LogP contribution in [0.15, 0.2) is 11.6 Å². The Hall–Kier alpha value is -0.870. The van der Waals surface area contributed by atoms with Gasteiger partial charge in [-0.25, -0.2) is 0 Å². The van der Waals surface area contributed by atoms with Crippen molar-refractivity contribution in [3.8, 4) is 0 Å². The van der Waals surface area contributed by atoms with Gasteiger partial charge in [0.15, 0.2) is 0 Å². The molecule has 0 heterocycles. The Morgan fingerprint density at radius 3 is 2.60 bits per heavy atom. The van der Waals surface area contributed by atoms with Crippen molar-refractivity contribution < 1.29 is 14.6 Å². The Balaban J connectivity index is 4.33. The predicted octanol–water partition coefficient (Wildman–Crippen LogP) is 0.810. The molecule has 0 spiro atoms. The number of rotatable bonds is 7. The second kappa shape index (κ2) is 8.44. The molecule has 1 amide bonds. The van der Waals surface area contributed by atoms with Crippen LogP contribution in [0.2, 0.25) is 0 Å². The second-order valence-corrected chi connectivity index (χ2v) is 3.30. The van der Waals surface area contributed by atoms with Crippen LogP contribution >= 0.6 is 0 Å². The van der Waals surface area contributed by atoms with Crippen LogP contribution < -0.4 is 0 Å². The molecule has 4 heteroatoms. The van der Waals surface area contributed by atoms with E-state index >= 15 is 0 Å². The van der Waals surface area contributed by atoms with Crippen LogP contribution in [0.5, 0.6) is 0 Å². The number of carbonyl (C=O) groups is 1. The lowest BCUT2D eigenvalue weighted by atomic mass is 10.2. The molecule has 0 aliphatic rings. The summed E-state index contributed by atoms with van der Waals surface area (Å²) in [6.07, 6.45) is 2.73. The summed E-state index contributed by atoms with van der Waals surface area (Å²) in [5.74, 6) is -0.0250. The van der Waals surface area contributed by atoms with Crippen molar-refractivity contribution in [1.29, 1.82) is 0 Å². The highest BCUT2D eigenvalue weighted by molar-refractivity contribution is 5.92. The van der Waals surface area contributed by atoms with Crippen molar-refractivity contribution in [2.75, 3.05) is 33.4 Å². The molecule has 88 valence electrons. The number of hydrogen-bond acceptors (Lipinski definition) is 3. The lowest BCUT2D eigenvalue weighted by Crippen LogP contribution is -2.36. The molecular weight excluding hydrogens is 194 g/mol. The molecule has 0 aromatic rings. The summed E-state index contributed by atoms with van der Waals surface area (Å²) in [5.41, 5.74) is 0.724. The van der Waals surface area contributed by atoms with E-state index in [1.165, 1.54) is 0 Å². The highest BCUT2D eigenvalue weighted by atomic mass is 16.5. The first-order valence-corrected chi connectivity index (χ1v) is 5.23. The molecule has 1 N–H and O–H groups in total. The van der Waals surface area contributed by atoms with Gasteiger partial charge in [-0.3, -0.25) is 4.79 Å². The minimum atomic E-state index is -0.0250. The van der Waals surface area contributed by atoms with E-state index in [2.05, 4.69) is 0 Å². The zero-order valence-electron chi connectivity index (χ0n) is 9.82. The Bertz CT molecular complexity index is 214. The number of nitrogens with zero attached hydrogens (tertiary/aromatic N) is 1. The third-order valence-corrected chi connectivity index (χ3v) is 2.07. The zero-order chi connectivity index (χ0) is 11.7. The minimum Gasteiger partial charge on any atom is -0.395 e. The Morgan fingerprint density at radius 1 is 1.47 bits per heavy atom. The van der Waals surface area contributed by atoms with Crippen molar-refractivity contribution in [2.45, 2.75) is 20.3 Å². The first kappa shape index (κ1) is 14.1. The second-order valence-electron chi connectivity index (χ2n) is 3.30. The van der Waals surface area contributed by atoms with Crippen molar-refractivity contribution >= 4 is 5.91 Å². The van der Waals surface area contributed by atoms with Crippen LogP contribution in [0.25, 0.3) is 0 Å². The molecule has 0 saturated carbocycles. The maximum Gasteiger partial charge on any atom is 0.249 e. The Labute approximate surface area is 91.5 Å². The number of amides is 1. The number of methoxy groups -OCH3 is 1. The number of aliphatic hydroxyl groups is 1. The summed E-state index contributed by atoms with van der Waals surface area (Å²) < 4.78 is 4.91. The van der Waals surface area contributed by atoms with Crippen LogP contribution in [-0.4, -0.2) is 49.3 Å². The molecule has 0 aliphatic carbocycles. The highest BCUT2D eigenvalue weighted by Crippen LogP contribution is 2.02. The maximum atomic E-state index is 11.8. The van der Waals surface area contributed by atoms with Crippen molar-refractivity contribution in [2.24, 2.45) is 0 Å². The van der Waals surface area contributed by atoms with Gasteiger partial charge in [0, 0.05) is 25.8 Å². The molecule has 0 radical (unpaired) electrons. The average Bonchev–Trinajstić information content (AvgIpc) is 2.23. The summed E-state index contributed by atoms with van der Waals surface area (Å²) in [4.78, 5) is 13.4. The number of aliphatic hydroxyl groups excluding tert-OH is 1. The van der Waals surface area contributed by atoms with Crippen LogP contribution in [-0.2, 0) is 9.53 Å². The van der Waals surface area contributed by atoms with E-state index in [1.807, 2.05) is 13.0 Å². The first-order chi connectivity index (χ1) is 7.17. The largest absolute Gasteiger partial charge is 0.395 e. The number of allylic oxidation sites excluding steroid dienone is 1. The summed E-state index contributed by atoms with van der Waals surface area (Å²) in [6.45, 7) is 5.13. The van der Waals surface area contributed by atoms with E-state index < -0.39 is 0 Å². The third-order valence-electron chi connectivity index (χ3n) is 2.07. The lowest BCUT2D eigenvalue weighted by Gasteiger charge is -2.21. The lowest BCUT2D eigenvalue weighted by molar-refractivity contribution is -0.128. The molecule has 0 fully saturated rings. The van der Waals surface area contributed by atoms with Gasteiger partial charge in [0.2, 0.25) is 5.91 Å². The van der Waals surface area contributed by atoms with E-state index in [-0.39, 0.29) is 12.5 Å². The third kappa shape index (κ3) is 5.54. The fraction of sp³-hybridized carbons (Fsp3) is 0.727. The smallest absolute Gasteiger partial charge is 0.249 e. The van der Waals surface area contributed by atoms with Gasteiger partial charge in [-0.1, -0.05) is 13.0 Å². The van der Waals surface area contributed by atoms with E-state index in [9.17, 15) is 4.79 Å².